The molecule has 0 atom stereocenters. The van der Waals surface area contributed by atoms with Crippen LogP contribution in [0.2, 0.25) is 0 Å². The van der Waals surface area contributed by atoms with E-state index in [1.807, 2.05) is 6.92 Å². The molecule has 1 fully saturated rings. The Kier molecular flexibility index (Phi) is 5.45. The second kappa shape index (κ2) is 6.44. The van der Waals surface area contributed by atoms with Gasteiger partial charge in [0.2, 0.25) is 0 Å². The minimum Gasteiger partial charge on any atom is -0.466 e. The number of likely N-dealkylation sites (tertiary alicyclic amines) is 1. The summed E-state index contributed by atoms with van der Waals surface area (Å²) in [7, 11) is 0. The van der Waals surface area contributed by atoms with Gasteiger partial charge in [-0.2, -0.15) is 0 Å². The molecule has 0 bridgehead atoms. The van der Waals surface area contributed by atoms with Crippen molar-refractivity contribution in [3.05, 3.63) is 12.3 Å². The summed E-state index contributed by atoms with van der Waals surface area (Å²) in [6.07, 6.45) is 1.76. The largest absolute Gasteiger partial charge is 0.466 e. The molecule has 0 radical (unpaired) electrons. The highest BCUT2D eigenvalue weighted by atomic mass is 16.5. The minimum atomic E-state index is -0.0316. The van der Waals surface area contributed by atoms with Crippen LogP contribution in [0.1, 0.15) is 47.5 Å². The first-order valence-electron chi connectivity index (χ1n) is 7.41. The van der Waals surface area contributed by atoms with Crippen molar-refractivity contribution in [2.24, 2.45) is 17.3 Å². The van der Waals surface area contributed by atoms with Crippen LogP contribution in [-0.4, -0.2) is 30.6 Å². The van der Waals surface area contributed by atoms with Gasteiger partial charge < -0.3 is 9.64 Å². The summed E-state index contributed by atoms with van der Waals surface area (Å²) in [5.41, 5.74) is 1.31. The lowest BCUT2D eigenvalue weighted by atomic mass is 9.77. The van der Waals surface area contributed by atoms with E-state index in [2.05, 4.69) is 39.2 Å². The molecular formula is C16H29NO2. The summed E-state index contributed by atoms with van der Waals surface area (Å²) < 4.78 is 5.10. The molecule has 0 spiro atoms. The Morgan fingerprint density at radius 2 is 1.89 bits per heavy atom. The normalized spacial score (nSPS) is 17.7. The Morgan fingerprint density at radius 1 is 1.37 bits per heavy atom. The van der Waals surface area contributed by atoms with E-state index >= 15 is 0 Å². The Balaban J connectivity index is 2.55. The van der Waals surface area contributed by atoms with E-state index in [9.17, 15) is 4.79 Å². The van der Waals surface area contributed by atoms with Gasteiger partial charge in [-0.05, 0) is 25.7 Å². The molecule has 3 heteroatoms. The number of carbonyl (C=O) groups excluding carboxylic acids is 1. The summed E-state index contributed by atoms with van der Waals surface area (Å²) in [5.74, 6) is 0.602. The lowest BCUT2D eigenvalue weighted by Gasteiger charge is -2.42. The standard InChI is InChI=1S/C16H29NO2/c1-7-19-15(18)14-8-10-17(11-9-14)13(4)16(5,6)12(2)3/h12,14H,4,7-11H2,1-3,5-6H3. The van der Waals surface area contributed by atoms with Gasteiger partial charge in [-0.15, -0.1) is 0 Å². The van der Waals surface area contributed by atoms with Crippen LogP contribution in [0.4, 0.5) is 0 Å². The van der Waals surface area contributed by atoms with Crippen molar-refractivity contribution in [1.29, 1.82) is 0 Å². The number of rotatable bonds is 5. The molecule has 3 nitrogen and oxygen atoms in total. The molecule has 19 heavy (non-hydrogen) atoms. The fourth-order valence-corrected chi connectivity index (χ4v) is 2.39. The number of piperidine rings is 1. The van der Waals surface area contributed by atoms with Crippen molar-refractivity contribution in [1.82, 2.24) is 4.90 Å². The topological polar surface area (TPSA) is 29.5 Å². The molecule has 0 unspecified atom stereocenters. The molecule has 0 aromatic carbocycles. The molecule has 0 saturated carbocycles. The van der Waals surface area contributed by atoms with Gasteiger partial charge in [0.1, 0.15) is 0 Å². The molecular weight excluding hydrogens is 238 g/mol. The maximum absolute atomic E-state index is 11.7. The average molecular weight is 267 g/mol. The van der Waals surface area contributed by atoms with Crippen LogP contribution in [0.25, 0.3) is 0 Å². The Hall–Kier alpha value is -0.990. The highest BCUT2D eigenvalue weighted by Crippen LogP contribution is 2.37. The van der Waals surface area contributed by atoms with E-state index in [1.54, 1.807) is 0 Å². The van der Waals surface area contributed by atoms with Gasteiger partial charge in [0.25, 0.3) is 0 Å². The fraction of sp³-hybridized carbons (Fsp3) is 0.812. The van der Waals surface area contributed by atoms with Crippen LogP contribution in [-0.2, 0) is 9.53 Å². The van der Waals surface area contributed by atoms with Crippen molar-refractivity contribution in [3.63, 3.8) is 0 Å². The number of hydrogen-bond acceptors (Lipinski definition) is 3. The third-order valence-corrected chi connectivity index (χ3v) is 4.68. The number of ether oxygens (including phenoxy) is 1. The maximum Gasteiger partial charge on any atom is 0.309 e. The second-order valence-corrected chi connectivity index (χ2v) is 6.34. The zero-order valence-electron chi connectivity index (χ0n) is 13.2. The third kappa shape index (κ3) is 3.74. The lowest BCUT2D eigenvalue weighted by molar-refractivity contribution is -0.149. The van der Waals surface area contributed by atoms with Crippen LogP contribution in [0.3, 0.4) is 0 Å². The van der Waals surface area contributed by atoms with Crippen LogP contribution in [0.5, 0.6) is 0 Å². The van der Waals surface area contributed by atoms with Crippen LogP contribution in [0, 0.1) is 17.3 Å². The summed E-state index contributed by atoms with van der Waals surface area (Å²) in [5, 5.41) is 0. The molecule has 0 aromatic rings. The molecule has 1 saturated heterocycles. The molecule has 0 N–H and O–H groups in total. The van der Waals surface area contributed by atoms with E-state index in [1.165, 1.54) is 5.70 Å². The maximum atomic E-state index is 11.7. The SMILES string of the molecule is C=C(N1CCC(C(=O)OCC)CC1)C(C)(C)C(C)C. The number of carbonyl (C=O) groups is 1. The van der Waals surface area contributed by atoms with Crippen LogP contribution in [0.15, 0.2) is 12.3 Å². The summed E-state index contributed by atoms with van der Waals surface area (Å²) >= 11 is 0. The Labute approximate surface area is 118 Å². The third-order valence-electron chi connectivity index (χ3n) is 4.68. The molecule has 1 aliphatic rings. The number of esters is 1. The molecule has 0 amide bonds. The second-order valence-electron chi connectivity index (χ2n) is 6.34. The van der Waals surface area contributed by atoms with Crippen molar-refractivity contribution in [2.75, 3.05) is 19.7 Å². The van der Waals surface area contributed by atoms with Gasteiger partial charge in [-0.25, -0.2) is 0 Å². The van der Waals surface area contributed by atoms with E-state index in [0.717, 1.165) is 25.9 Å². The molecule has 0 aromatic heterocycles. The summed E-state index contributed by atoms with van der Waals surface area (Å²) in [4.78, 5) is 14.1. The first kappa shape index (κ1) is 16.1. The summed E-state index contributed by atoms with van der Waals surface area (Å²) in [6, 6.07) is 0. The Bertz CT molecular complexity index is 326. The van der Waals surface area contributed by atoms with Gasteiger partial charge in [0.15, 0.2) is 0 Å². The van der Waals surface area contributed by atoms with Gasteiger partial charge >= 0.3 is 5.97 Å². The van der Waals surface area contributed by atoms with Gasteiger partial charge in [-0.3, -0.25) is 4.79 Å². The van der Waals surface area contributed by atoms with Crippen molar-refractivity contribution in [2.45, 2.75) is 47.5 Å². The predicted molar refractivity (Wildman–Crippen MR) is 78.7 cm³/mol. The highest BCUT2D eigenvalue weighted by molar-refractivity contribution is 5.72. The van der Waals surface area contributed by atoms with Crippen molar-refractivity contribution >= 4 is 5.97 Å². The van der Waals surface area contributed by atoms with Crippen LogP contribution >= 0.6 is 0 Å². The average Bonchev–Trinajstić information content (AvgIpc) is 2.38. The highest BCUT2D eigenvalue weighted by Gasteiger charge is 2.33. The van der Waals surface area contributed by atoms with E-state index in [4.69, 9.17) is 4.74 Å². The molecule has 0 aliphatic carbocycles. The number of allylic oxidation sites excluding steroid dienone is 1. The first-order chi connectivity index (χ1) is 8.80. The minimum absolute atomic E-state index is 0.0316. The number of hydrogen-bond donors (Lipinski definition) is 0. The molecule has 1 rings (SSSR count). The van der Waals surface area contributed by atoms with E-state index in [-0.39, 0.29) is 17.3 Å². The summed E-state index contributed by atoms with van der Waals surface area (Å²) in [6.45, 7) is 17.4. The van der Waals surface area contributed by atoms with Gasteiger partial charge in [0, 0.05) is 24.2 Å². The van der Waals surface area contributed by atoms with E-state index in [0.29, 0.717) is 12.5 Å². The molecule has 1 aliphatic heterocycles. The Morgan fingerprint density at radius 3 is 2.32 bits per heavy atom. The molecule has 1 heterocycles. The zero-order chi connectivity index (χ0) is 14.6. The molecule has 110 valence electrons. The predicted octanol–water partition coefficient (Wildman–Crippen LogP) is 3.46. The van der Waals surface area contributed by atoms with Gasteiger partial charge in [0.05, 0.1) is 12.5 Å². The smallest absolute Gasteiger partial charge is 0.309 e. The van der Waals surface area contributed by atoms with Crippen LogP contribution < -0.4 is 0 Å². The monoisotopic (exact) mass is 267 g/mol. The quantitative estimate of drug-likeness (QED) is 0.714. The van der Waals surface area contributed by atoms with Crippen molar-refractivity contribution < 1.29 is 9.53 Å². The fourth-order valence-electron chi connectivity index (χ4n) is 2.39. The zero-order valence-corrected chi connectivity index (χ0v) is 13.2. The van der Waals surface area contributed by atoms with Crippen molar-refractivity contribution in [3.8, 4) is 0 Å². The number of nitrogens with zero attached hydrogens (tertiary/aromatic N) is 1. The lowest BCUT2D eigenvalue weighted by Crippen LogP contribution is -2.41. The van der Waals surface area contributed by atoms with Gasteiger partial charge in [-0.1, -0.05) is 34.3 Å². The van der Waals surface area contributed by atoms with E-state index < -0.39 is 0 Å². The first-order valence-corrected chi connectivity index (χ1v) is 7.41.